The molecule has 3 amide bonds. The third-order valence-electron chi connectivity index (χ3n) is 5.75. The maximum atomic E-state index is 14.8. The molecule has 1 aromatic carbocycles. The van der Waals surface area contributed by atoms with Gasteiger partial charge in [-0.1, -0.05) is 18.5 Å². The van der Waals surface area contributed by atoms with E-state index in [-0.39, 0.29) is 13.1 Å². The Kier molecular flexibility index (Phi) is 8.92. The highest BCUT2D eigenvalue weighted by Gasteiger charge is 2.48. The molecule has 39 heavy (non-hydrogen) atoms. The van der Waals surface area contributed by atoms with Crippen LogP contribution in [-0.4, -0.2) is 67.2 Å². The lowest BCUT2D eigenvalue weighted by Crippen LogP contribution is -2.60. The zero-order chi connectivity index (χ0) is 29.3. The minimum absolute atomic E-state index is 0.173. The van der Waals surface area contributed by atoms with Gasteiger partial charge in [0.2, 0.25) is 10.0 Å². The number of carbonyl (C=O) groups excluding carboxylic acids is 3. The fourth-order valence-electron chi connectivity index (χ4n) is 3.80. The predicted molar refractivity (Wildman–Crippen MR) is 128 cm³/mol. The van der Waals surface area contributed by atoms with E-state index in [4.69, 9.17) is 11.6 Å². The van der Waals surface area contributed by atoms with Crippen LogP contribution in [0.5, 0.6) is 0 Å². The van der Waals surface area contributed by atoms with E-state index in [0.29, 0.717) is 23.5 Å². The van der Waals surface area contributed by atoms with Gasteiger partial charge in [0.15, 0.2) is 17.5 Å². The van der Waals surface area contributed by atoms with E-state index in [1.54, 1.807) is 6.92 Å². The first-order chi connectivity index (χ1) is 18.1. The van der Waals surface area contributed by atoms with E-state index in [1.165, 1.54) is 7.05 Å². The van der Waals surface area contributed by atoms with Crippen LogP contribution in [0.4, 0.5) is 27.6 Å². The van der Waals surface area contributed by atoms with Gasteiger partial charge in [0.25, 0.3) is 11.8 Å². The molecule has 0 radical (unpaired) electrons. The lowest BCUT2D eigenvalue weighted by atomic mass is 10.0. The maximum absolute atomic E-state index is 14.8. The van der Waals surface area contributed by atoms with E-state index >= 15 is 0 Å². The molecule has 3 rings (SSSR count). The average molecular weight is 600 g/mol. The molecule has 0 unspecified atom stereocenters. The lowest BCUT2D eigenvalue weighted by molar-refractivity contribution is -0.154. The minimum Gasteiger partial charge on any atom is -0.348 e. The summed E-state index contributed by atoms with van der Waals surface area (Å²) in [4.78, 5) is 36.5. The van der Waals surface area contributed by atoms with Gasteiger partial charge in [0.1, 0.15) is 10.6 Å². The number of anilines is 1. The van der Waals surface area contributed by atoms with Crippen LogP contribution < -0.4 is 15.4 Å². The number of rotatable bonds is 7. The van der Waals surface area contributed by atoms with Gasteiger partial charge in [0.05, 0.1) is 17.6 Å². The first kappa shape index (κ1) is 30.3. The number of aryl methyl sites for hydroxylation is 1. The Balaban J connectivity index is 1.77. The smallest absolute Gasteiger partial charge is 0.312 e. The quantitative estimate of drug-likeness (QED) is 0.256. The molecule has 1 aromatic heterocycles. The highest BCUT2D eigenvalue weighted by Crippen LogP contribution is 2.32. The highest BCUT2D eigenvalue weighted by molar-refractivity contribution is 7.89. The van der Waals surface area contributed by atoms with E-state index in [0.717, 1.165) is 10.8 Å². The van der Waals surface area contributed by atoms with Gasteiger partial charge in [-0.2, -0.15) is 0 Å². The summed E-state index contributed by atoms with van der Waals surface area (Å²) in [5.41, 5.74) is -1.01. The molecule has 10 nitrogen and oxygen atoms in total. The van der Waals surface area contributed by atoms with Gasteiger partial charge in [-0.15, -0.1) is 0 Å². The van der Waals surface area contributed by atoms with Gasteiger partial charge in [-0.3, -0.25) is 14.4 Å². The number of amides is 3. The summed E-state index contributed by atoms with van der Waals surface area (Å²) < 4.78 is 98.5. The van der Waals surface area contributed by atoms with Crippen LogP contribution in [0.1, 0.15) is 30.3 Å². The van der Waals surface area contributed by atoms with Crippen molar-refractivity contribution in [1.82, 2.24) is 19.5 Å². The Morgan fingerprint density at radius 1 is 1.15 bits per heavy atom. The molecular weight excluding hydrogens is 577 g/mol. The molecule has 3 N–H and O–H groups in total. The fraction of sp³-hybridized carbons (Fsp3) is 0.409. The van der Waals surface area contributed by atoms with Gasteiger partial charge in [0, 0.05) is 44.2 Å². The number of likely N-dealkylation sites (tertiary alicyclic amines) is 1. The minimum atomic E-state index is -4.77. The van der Waals surface area contributed by atoms with E-state index in [9.17, 15) is 44.8 Å². The third-order valence-corrected chi connectivity index (χ3v) is 7.73. The Labute approximate surface area is 224 Å². The van der Waals surface area contributed by atoms with Gasteiger partial charge >= 0.3 is 11.8 Å². The molecule has 1 saturated heterocycles. The van der Waals surface area contributed by atoms with E-state index < -0.39 is 91.4 Å². The topological polar surface area (TPSA) is 130 Å². The van der Waals surface area contributed by atoms with Crippen molar-refractivity contribution in [3.63, 3.8) is 0 Å². The molecule has 214 valence electrons. The van der Waals surface area contributed by atoms with Crippen molar-refractivity contribution in [3.8, 4) is 0 Å². The number of hydrogen-bond acceptors (Lipinski definition) is 5. The largest absolute Gasteiger partial charge is 0.348 e. The molecule has 0 saturated carbocycles. The van der Waals surface area contributed by atoms with Gasteiger partial charge in [-0.05, 0) is 12.8 Å². The zero-order valence-corrected chi connectivity index (χ0v) is 22.0. The average Bonchev–Trinajstić information content (AvgIpc) is 3.16. The van der Waals surface area contributed by atoms with Crippen LogP contribution in [-0.2, 0) is 26.7 Å². The van der Waals surface area contributed by atoms with Crippen LogP contribution in [0.2, 0.25) is 5.02 Å². The summed E-state index contributed by atoms with van der Waals surface area (Å²) in [6.07, 6.45) is 0.840. The number of alkyl halides is 2. The molecule has 2 aromatic rings. The Bertz CT molecular complexity index is 1400. The second-order valence-corrected chi connectivity index (χ2v) is 10.7. The van der Waals surface area contributed by atoms with Crippen molar-refractivity contribution >= 4 is 45.0 Å². The Morgan fingerprint density at radius 3 is 2.33 bits per heavy atom. The molecule has 1 atom stereocenters. The summed E-state index contributed by atoms with van der Waals surface area (Å²) in [5.74, 6) is -12.1. The lowest BCUT2D eigenvalue weighted by Gasteiger charge is -2.38. The normalized spacial score (nSPS) is 17.1. The number of aromatic nitrogens is 1. The van der Waals surface area contributed by atoms with Gasteiger partial charge < -0.3 is 20.1 Å². The van der Waals surface area contributed by atoms with Gasteiger partial charge in [-0.25, -0.2) is 35.1 Å². The van der Waals surface area contributed by atoms with Crippen molar-refractivity contribution < 1.29 is 44.8 Å². The molecule has 17 heteroatoms. The standard InChI is InChI=1S/C22H23ClF5N5O5S/c1-3-5-29-20(35)21(36)33-6-4-15(22(27,28)10-33)31-39(37,38)14-9-32(2)18(16(14)23)19(34)30-11-7-12(24)17(26)13(25)8-11/h7-9,15,31H,3-6,10H2,1-2H3,(H,29,35)(H,30,34)/t15-/m1/s1. The SMILES string of the molecule is CCCNC(=O)C(=O)N1CC[C@@H](NS(=O)(=O)c2cn(C)c(C(=O)Nc3cc(F)c(F)c(F)c3)c2Cl)C(F)(F)C1. The van der Waals surface area contributed by atoms with Crippen molar-refractivity contribution in [2.45, 2.75) is 36.6 Å². The number of hydrogen-bond donors (Lipinski definition) is 3. The molecule has 0 aliphatic carbocycles. The predicted octanol–water partition coefficient (Wildman–Crippen LogP) is 2.39. The summed E-state index contributed by atoms with van der Waals surface area (Å²) >= 11 is 6.10. The highest BCUT2D eigenvalue weighted by atomic mass is 35.5. The number of sulfonamides is 1. The second-order valence-electron chi connectivity index (χ2n) is 8.68. The second kappa shape index (κ2) is 11.5. The summed E-state index contributed by atoms with van der Waals surface area (Å²) in [6, 6.07) is -1.01. The molecule has 1 aliphatic rings. The van der Waals surface area contributed by atoms with Crippen molar-refractivity contribution in [3.05, 3.63) is 46.5 Å². The summed E-state index contributed by atoms with van der Waals surface area (Å²) in [7, 11) is -3.57. The van der Waals surface area contributed by atoms with Crippen molar-refractivity contribution in [2.24, 2.45) is 7.05 Å². The molecular formula is C22H23ClF5N5O5S. The van der Waals surface area contributed by atoms with Crippen molar-refractivity contribution in [2.75, 3.05) is 25.0 Å². The van der Waals surface area contributed by atoms with Crippen LogP contribution in [0.25, 0.3) is 0 Å². The number of piperidine rings is 1. The summed E-state index contributed by atoms with van der Waals surface area (Å²) in [5, 5.41) is 3.65. The number of carbonyl (C=O) groups is 3. The molecule has 0 bridgehead atoms. The van der Waals surface area contributed by atoms with E-state index in [2.05, 4.69) is 5.32 Å². The van der Waals surface area contributed by atoms with Crippen LogP contribution in [0, 0.1) is 17.5 Å². The summed E-state index contributed by atoms with van der Waals surface area (Å²) in [6.45, 7) is 0.340. The maximum Gasteiger partial charge on any atom is 0.312 e. The molecule has 2 heterocycles. The van der Waals surface area contributed by atoms with Crippen LogP contribution in [0.15, 0.2) is 23.2 Å². The number of halogens is 6. The monoisotopic (exact) mass is 599 g/mol. The number of nitrogens with one attached hydrogen (secondary N) is 3. The van der Waals surface area contributed by atoms with E-state index in [1.807, 2.05) is 10.0 Å². The first-order valence-corrected chi connectivity index (χ1v) is 13.2. The Hall–Kier alpha value is -3.24. The molecule has 1 fully saturated rings. The first-order valence-electron chi connectivity index (χ1n) is 11.4. The molecule has 1 aliphatic heterocycles. The molecule has 0 spiro atoms. The third kappa shape index (κ3) is 6.50. The number of nitrogens with zero attached hydrogens (tertiary/aromatic N) is 2. The van der Waals surface area contributed by atoms with Crippen LogP contribution in [0.3, 0.4) is 0 Å². The number of benzene rings is 1. The van der Waals surface area contributed by atoms with Crippen molar-refractivity contribution in [1.29, 1.82) is 0 Å². The zero-order valence-electron chi connectivity index (χ0n) is 20.5. The van der Waals surface area contributed by atoms with Crippen LogP contribution >= 0.6 is 11.6 Å². The fourth-order valence-corrected chi connectivity index (χ4v) is 5.79. The Morgan fingerprint density at radius 2 is 1.77 bits per heavy atom.